The Morgan fingerprint density at radius 2 is 1.92 bits per heavy atom. The lowest BCUT2D eigenvalue weighted by Crippen LogP contribution is -2.30. The molecule has 0 aliphatic carbocycles. The van der Waals surface area contributed by atoms with Crippen LogP contribution in [0.1, 0.15) is 44.2 Å². The van der Waals surface area contributed by atoms with Gasteiger partial charge in [0.25, 0.3) is 5.91 Å². The predicted molar refractivity (Wildman–Crippen MR) is 100 cm³/mol. The van der Waals surface area contributed by atoms with Crippen molar-refractivity contribution in [2.24, 2.45) is 0 Å². The van der Waals surface area contributed by atoms with Gasteiger partial charge in [-0.25, -0.2) is 0 Å². The molecule has 1 amide bonds. The topological polar surface area (TPSA) is 38.3 Å². The van der Waals surface area contributed by atoms with Crippen LogP contribution in [0.3, 0.4) is 0 Å². The molecule has 0 spiro atoms. The zero-order chi connectivity index (χ0) is 17.7. The standard InChI is InChI=1S/C20H24ClNO2/c1-5-13(2)17-8-6-7-9-19(17)22-20(23)15(4)24-16-10-11-18(21)14(3)12-16/h6-13,15H,5H2,1-4H3,(H,22,23)/t13-,15-/m0/s1. The molecular formula is C20H24ClNO2. The van der Waals surface area contributed by atoms with Crippen molar-refractivity contribution >= 4 is 23.2 Å². The van der Waals surface area contributed by atoms with Crippen LogP contribution in [0.15, 0.2) is 42.5 Å². The Labute approximate surface area is 149 Å². The second kappa shape index (κ2) is 8.20. The molecular weight excluding hydrogens is 322 g/mol. The summed E-state index contributed by atoms with van der Waals surface area (Å²) in [7, 11) is 0. The molecule has 0 saturated heterocycles. The number of nitrogens with one attached hydrogen (secondary N) is 1. The van der Waals surface area contributed by atoms with Crippen LogP contribution in [0.25, 0.3) is 0 Å². The van der Waals surface area contributed by atoms with Crippen LogP contribution in [-0.2, 0) is 4.79 Å². The van der Waals surface area contributed by atoms with Gasteiger partial charge in [0.15, 0.2) is 6.10 Å². The van der Waals surface area contributed by atoms with E-state index in [-0.39, 0.29) is 5.91 Å². The zero-order valence-electron chi connectivity index (χ0n) is 14.6. The summed E-state index contributed by atoms with van der Waals surface area (Å²) in [6.45, 7) is 7.94. The van der Waals surface area contributed by atoms with Gasteiger partial charge < -0.3 is 10.1 Å². The highest BCUT2D eigenvalue weighted by Gasteiger charge is 2.17. The number of para-hydroxylation sites is 1. The highest BCUT2D eigenvalue weighted by Crippen LogP contribution is 2.27. The fraction of sp³-hybridized carbons (Fsp3) is 0.350. The fourth-order valence-corrected chi connectivity index (χ4v) is 2.56. The summed E-state index contributed by atoms with van der Waals surface area (Å²) in [5, 5.41) is 3.66. The van der Waals surface area contributed by atoms with Crippen LogP contribution < -0.4 is 10.1 Å². The molecule has 0 radical (unpaired) electrons. The SMILES string of the molecule is CC[C@H](C)c1ccccc1NC(=O)[C@H](C)Oc1ccc(Cl)c(C)c1. The van der Waals surface area contributed by atoms with E-state index in [4.69, 9.17) is 16.3 Å². The van der Waals surface area contributed by atoms with E-state index in [1.54, 1.807) is 19.1 Å². The predicted octanol–water partition coefficient (Wildman–Crippen LogP) is 5.57. The van der Waals surface area contributed by atoms with Crippen LogP contribution in [0.4, 0.5) is 5.69 Å². The Morgan fingerprint density at radius 1 is 1.21 bits per heavy atom. The number of ether oxygens (including phenoxy) is 1. The maximum absolute atomic E-state index is 12.5. The molecule has 2 atom stereocenters. The second-order valence-electron chi connectivity index (χ2n) is 6.06. The molecule has 0 saturated carbocycles. The molecule has 0 unspecified atom stereocenters. The fourth-order valence-electron chi connectivity index (χ4n) is 2.44. The van der Waals surface area contributed by atoms with Crippen LogP contribution in [0.5, 0.6) is 5.75 Å². The lowest BCUT2D eigenvalue weighted by molar-refractivity contribution is -0.122. The third-order valence-electron chi connectivity index (χ3n) is 4.17. The Bertz CT molecular complexity index is 715. The molecule has 2 rings (SSSR count). The van der Waals surface area contributed by atoms with E-state index in [9.17, 15) is 4.79 Å². The molecule has 3 nitrogen and oxygen atoms in total. The van der Waals surface area contributed by atoms with Gasteiger partial charge in [-0.15, -0.1) is 0 Å². The highest BCUT2D eigenvalue weighted by atomic mass is 35.5. The number of amides is 1. The van der Waals surface area contributed by atoms with Gasteiger partial charge in [0.2, 0.25) is 0 Å². The van der Waals surface area contributed by atoms with Crippen molar-refractivity contribution in [3.63, 3.8) is 0 Å². The minimum absolute atomic E-state index is 0.168. The molecule has 0 bridgehead atoms. The number of halogens is 1. The maximum atomic E-state index is 12.5. The van der Waals surface area contributed by atoms with Crippen LogP contribution in [-0.4, -0.2) is 12.0 Å². The smallest absolute Gasteiger partial charge is 0.265 e. The van der Waals surface area contributed by atoms with Gasteiger partial charge in [0.05, 0.1) is 0 Å². The molecule has 0 aromatic heterocycles. The van der Waals surface area contributed by atoms with Gasteiger partial charge in [-0.1, -0.05) is 43.6 Å². The zero-order valence-corrected chi connectivity index (χ0v) is 15.4. The molecule has 0 fully saturated rings. The van der Waals surface area contributed by atoms with Crippen molar-refractivity contribution in [2.75, 3.05) is 5.32 Å². The quantitative estimate of drug-likeness (QED) is 0.743. The van der Waals surface area contributed by atoms with Crippen molar-refractivity contribution in [3.8, 4) is 5.75 Å². The molecule has 0 aliphatic heterocycles. The van der Waals surface area contributed by atoms with Crippen molar-refractivity contribution in [1.29, 1.82) is 0 Å². The molecule has 4 heteroatoms. The van der Waals surface area contributed by atoms with E-state index in [2.05, 4.69) is 25.2 Å². The molecule has 2 aromatic rings. The number of hydrogen-bond donors (Lipinski definition) is 1. The Hall–Kier alpha value is -2.00. The summed E-state index contributed by atoms with van der Waals surface area (Å²) in [5.74, 6) is 0.852. The molecule has 128 valence electrons. The van der Waals surface area contributed by atoms with Gasteiger partial charge in [0, 0.05) is 10.7 Å². The number of anilines is 1. The van der Waals surface area contributed by atoms with Crippen LogP contribution in [0, 0.1) is 6.92 Å². The van der Waals surface area contributed by atoms with E-state index in [0.717, 1.165) is 23.2 Å². The lowest BCUT2D eigenvalue weighted by Gasteiger charge is -2.19. The Morgan fingerprint density at radius 3 is 2.58 bits per heavy atom. The van der Waals surface area contributed by atoms with Gasteiger partial charge in [-0.2, -0.15) is 0 Å². The third-order valence-corrected chi connectivity index (χ3v) is 4.60. The summed E-state index contributed by atoms with van der Waals surface area (Å²) in [6.07, 6.45) is 0.416. The maximum Gasteiger partial charge on any atom is 0.265 e. The number of hydrogen-bond acceptors (Lipinski definition) is 2. The van der Waals surface area contributed by atoms with Crippen molar-refractivity contribution in [2.45, 2.75) is 46.1 Å². The number of rotatable bonds is 6. The van der Waals surface area contributed by atoms with E-state index < -0.39 is 6.10 Å². The van der Waals surface area contributed by atoms with E-state index in [1.807, 2.05) is 31.2 Å². The van der Waals surface area contributed by atoms with Gasteiger partial charge >= 0.3 is 0 Å². The van der Waals surface area contributed by atoms with E-state index >= 15 is 0 Å². The first-order valence-electron chi connectivity index (χ1n) is 8.25. The molecule has 2 aromatic carbocycles. The number of carbonyl (C=O) groups is 1. The summed E-state index contributed by atoms with van der Waals surface area (Å²) in [5.41, 5.74) is 2.91. The monoisotopic (exact) mass is 345 g/mol. The summed E-state index contributed by atoms with van der Waals surface area (Å²) in [6, 6.07) is 13.3. The van der Waals surface area contributed by atoms with Crippen LogP contribution in [0.2, 0.25) is 5.02 Å². The molecule has 0 aliphatic rings. The molecule has 1 N–H and O–H groups in total. The van der Waals surface area contributed by atoms with Crippen molar-refractivity contribution < 1.29 is 9.53 Å². The van der Waals surface area contributed by atoms with E-state index in [1.165, 1.54) is 0 Å². The van der Waals surface area contributed by atoms with Crippen LogP contribution >= 0.6 is 11.6 Å². The van der Waals surface area contributed by atoms with Gasteiger partial charge in [-0.05, 0) is 61.6 Å². The Balaban J connectivity index is 2.08. The molecule has 24 heavy (non-hydrogen) atoms. The first kappa shape index (κ1) is 18.3. The first-order chi connectivity index (χ1) is 11.4. The van der Waals surface area contributed by atoms with Crippen molar-refractivity contribution in [3.05, 3.63) is 58.6 Å². The third kappa shape index (κ3) is 4.51. The first-order valence-corrected chi connectivity index (χ1v) is 8.62. The minimum atomic E-state index is -0.601. The average Bonchev–Trinajstić information content (AvgIpc) is 2.58. The lowest BCUT2D eigenvalue weighted by atomic mass is 9.97. The number of benzene rings is 2. The van der Waals surface area contributed by atoms with Gasteiger partial charge in [0.1, 0.15) is 5.75 Å². The minimum Gasteiger partial charge on any atom is -0.481 e. The molecule has 0 heterocycles. The summed E-state index contributed by atoms with van der Waals surface area (Å²) < 4.78 is 5.74. The largest absolute Gasteiger partial charge is 0.481 e. The van der Waals surface area contributed by atoms with E-state index in [0.29, 0.717) is 16.7 Å². The van der Waals surface area contributed by atoms with Gasteiger partial charge in [-0.3, -0.25) is 4.79 Å². The highest BCUT2D eigenvalue weighted by molar-refractivity contribution is 6.31. The van der Waals surface area contributed by atoms with Crippen molar-refractivity contribution in [1.82, 2.24) is 0 Å². The normalized spacial score (nSPS) is 13.2. The summed E-state index contributed by atoms with van der Waals surface area (Å²) in [4.78, 5) is 12.5. The summed E-state index contributed by atoms with van der Waals surface area (Å²) >= 11 is 6.01. The number of carbonyl (C=O) groups excluding carboxylic acids is 1. The second-order valence-corrected chi connectivity index (χ2v) is 6.46. The Kier molecular flexibility index (Phi) is 6.27. The number of aryl methyl sites for hydroxylation is 1. The average molecular weight is 346 g/mol.